The van der Waals surface area contributed by atoms with E-state index in [-0.39, 0.29) is 18.2 Å². The molecule has 1 aliphatic carbocycles. The SMILES string of the molecule is C[C]1([Mg][Br])CCCCC1. The van der Waals surface area contributed by atoms with Crippen molar-refractivity contribution in [1.82, 2.24) is 0 Å². The Morgan fingerprint density at radius 3 is 2.11 bits per heavy atom. The van der Waals surface area contributed by atoms with Crippen molar-refractivity contribution in [1.29, 1.82) is 0 Å². The first-order valence-corrected chi connectivity index (χ1v) is 8.43. The lowest BCUT2D eigenvalue weighted by Gasteiger charge is -2.31. The second-order valence-electron chi connectivity index (χ2n) is 3.50. The van der Waals surface area contributed by atoms with Gasteiger partial charge in [-0.05, 0) is 0 Å². The molecule has 1 aliphatic rings. The van der Waals surface area contributed by atoms with Crippen LogP contribution in [0, 0.1) is 0 Å². The molecule has 0 nitrogen and oxygen atoms in total. The maximum absolute atomic E-state index is 3.71. The molecule has 0 spiro atoms. The summed E-state index contributed by atoms with van der Waals surface area (Å²) >= 11 is 3.79. The third-order valence-corrected chi connectivity index (χ3v) is 7.80. The van der Waals surface area contributed by atoms with Gasteiger partial charge in [0.1, 0.15) is 0 Å². The third-order valence-electron chi connectivity index (χ3n) is 2.38. The highest BCUT2D eigenvalue weighted by Gasteiger charge is 2.26. The number of halogens is 1. The van der Waals surface area contributed by atoms with Crippen molar-refractivity contribution in [3.05, 3.63) is 0 Å². The van der Waals surface area contributed by atoms with E-state index in [1.807, 2.05) is 0 Å². The minimum absolute atomic E-state index is 0.0843. The molecule has 0 unspecified atom stereocenters. The first-order chi connectivity index (χ1) is 4.27. The molecule has 0 bridgehead atoms. The van der Waals surface area contributed by atoms with E-state index >= 15 is 0 Å². The van der Waals surface area contributed by atoms with Crippen molar-refractivity contribution < 1.29 is 0 Å². The van der Waals surface area contributed by atoms with Crippen LogP contribution in [0.2, 0.25) is 3.54 Å². The van der Waals surface area contributed by atoms with Crippen LogP contribution in [-0.2, 0) is 0 Å². The summed E-state index contributed by atoms with van der Waals surface area (Å²) in [5, 5.41) is 0. The minimum Gasteiger partial charge on any atom is -0.306 e. The first kappa shape index (κ1) is 8.34. The van der Waals surface area contributed by atoms with Gasteiger partial charge in [0.2, 0.25) is 0 Å². The lowest BCUT2D eigenvalue weighted by Crippen LogP contribution is -2.16. The van der Waals surface area contributed by atoms with Gasteiger partial charge in [-0.15, -0.1) is 3.54 Å². The Balaban J connectivity index is 2.37. The first-order valence-electron chi connectivity index (χ1n) is 3.83. The molecule has 1 rings (SSSR count). The van der Waals surface area contributed by atoms with Gasteiger partial charge in [-0.3, -0.25) is 0 Å². The molecule has 50 valence electrons. The summed E-state index contributed by atoms with van der Waals surface area (Å²) in [6.45, 7) is 2.45. The Morgan fingerprint density at radius 1 is 1.22 bits per heavy atom. The summed E-state index contributed by atoms with van der Waals surface area (Å²) in [4.78, 5) is 0. The molecule has 9 heavy (non-hydrogen) atoms. The largest absolute Gasteiger partial charge is 0.474 e. The van der Waals surface area contributed by atoms with Crippen molar-refractivity contribution in [3.8, 4) is 0 Å². The molecule has 0 aliphatic heterocycles. The molecular formula is C7H13BrMg. The van der Waals surface area contributed by atoms with E-state index in [4.69, 9.17) is 0 Å². The van der Waals surface area contributed by atoms with E-state index in [1.54, 1.807) is 0 Å². The van der Waals surface area contributed by atoms with E-state index in [0.29, 0.717) is 0 Å². The second-order valence-corrected chi connectivity index (χ2v) is 7.16. The van der Waals surface area contributed by atoms with Crippen LogP contribution in [0.1, 0.15) is 39.0 Å². The molecule has 0 aromatic carbocycles. The Labute approximate surface area is 73.4 Å². The van der Waals surface area contributed by atoms with Crippen molar-refractivity contribution in [2.75, 3.05) is 0 Å². The summed E-state index contributed by atoms with van der Waals surface area (Å²) in [6, 6.07) is 0. The summed E-state index contributed by atoms with van der Waals surface area (Å²) < 4.78 is 0.776. The van der Waals surface area contributed by atoms with Gasteiger partial charge in [0.15, 0.2) is 0 Å². The van der Waals surface area contributed by atoms with Crippen LogP contribution >= 0.6 is 12.9 Å². The predicted octanol–water partition coefficient (Wildman–Crippen LogP) is 3.14. The standard InChI is InChI=1S/C7H13.BrH.Mg/c1-7-5-3-2-4-6-7;;/h2-6H2,1H3;1H;/q;;+1/p-1. The fourth-order valence-corrected chi connectivity index (χ4v) is 3.99. The van der Waals surface area contributed by atoms with Crippen LogP contribution in [0.4, 0.5) is 0 Å². The van der Waals surface area contributed by atoms with Crippen LogP contribution in [0.15, 0.2) is 0 Å². The van der Waals surface area contributed by atoms with Crippen LogP contribution in [0.3, 0.4) is 0 Å². The van der Waals surface area contributed by atoms with Gasteiger partial charge in [-0.1, -0.05) is 39.0 Å². The summed E-state index contributed by atoms with van der Waals surface area (Å²) in [6.07, 6.45) is 7.43. The van der Waals surface area contributed by atoms with Gasteiger partial charge < -0.3 is 12.9 Å². The summed E-state index contributed by atoms with van der Waals surface area (Å²) in [5.41, 5.74) is 0. The van der Waals surface area contributed by atoms with Crippen LogP contribution in [0.5, 0.6) is 0 Å². The van der Waals surface area contributed by atoms with Crippen molar-refractivity contribution in [2.45, 2.75) is 42.6 Å². The van der Waals surface area contributed by atoms with Gasteiger partial charge >= 0.3 is 18.2 Å². The molecule has 1 fully saturated rings. The molecular weight excluding hydrogens is 188 g/mol. The maximum atomic E-state index is 3.71. The van der Waals surface area contributed by atoms with Crippen LogP contribution < -0.4 is 0 Å². The highest BCUT2D eigenvalue weighted by atomic mass is 79.9. The Kier molecular flexibility index (Phi) is 3.32. The smallest absolute Gasteiger partial charge is 0.306 e. The number of rotatable bonds is 1. The fraction of sp³-hybridized carbons (Fsp3) is 1.00. The summed E-state index contributed by atoms with van der Waals surface area (Å²) in [5.74, 6) is 0. The molecule has 0 N–H and O–H groups in total. The van der Waals surface area contributed by atoms with Crippen LogP contribution in [-0.4, -0.2) is 18.2 Å². The molecule has 1 saturated carbocycles. The highest BCUT2D eigenvalue weighted by Crippen LogP contribution is 2.42. The molecule has 0 radical (unpaired) electrons. The van der Waals surface area contributed by atoms with E-state index in [1.165, 1.54) is 32.1 Å². The van der Waals surface area contributed by atoms with E-state index < -0.39 is 0 Å². The zero-order valence-corrected chi connectivity index (χ0v) is 9.12. The molecule has 2 heteroatoms. The molecule has 0 amide bonds. The Hall–Kier alpha value is 1.25. The van der Waals surface area contributed by atoms with E-state index in [0.717, 1.165) is 3.54 Å². The lowest BCUT2D eigenvalue weighted by atomic mass is 9.89. The molecule has 0 aromatic heterocycles. The fourth-order valence-electron chi connectivity index (χ4n) is 1.54. The van der Waals surface area contributed by atoms with Gasteiger partial charge in [0, 0.05) is 0 Å². The topological polar surface area (TPSA) is 0 Å². The average molecular weight is 201 g/mol. The second kappa shape index (κ2) is 3.58. The lowest BCUT2D eigenvalue weighted by molar-refractivity contribution is 0.403. The molecule has 0 atom stereocenters. The van der Waals surface area contributed by atoms with E-state index in [2.05, 4.69) is 19.8 Å². The predicted molar refractivity (Wildman–Crippen MR) is 46.1 cm³/mol. The number of hydrogen-bond acceptors (Lipinski definition) is 0. The maximum Gasteiger partial charge on any atom is 0.474 e. The van der Waals surface area contributed by atoms with E-state index in [9.17, 15) is 0 Å². The molecule has 0 saturated heterocycles. The third kappa shape index (κ3) is 2.39. The van der Waals surface area contributed by atoms with Crippen molar-refractivity contribution >= 4 is 31.1 Å². The van der Waals surface area contributed by atoms with Crippen molar-refractivity contribution in [2.24, 2.45) is 0 Å². The monoisotopic (exact) mass is 200 g/mol. The quantitative estimate of drug-likeness (QED) is 0.572. The van der Waals surface area contributed by atoms with Crippen molar-refractivity contribution in [3.63, 3.8) is 0 Å². The molecule has 0 heterocycles. The van der Waals surface area contributed by atoms with Gasteiger partial charge in [-0.2, -0.15) is 0 Å². The van der Waals surface area contributed by atoms with Gasteiger partial charge in [-0.25, -0.2) is 0 Å². The zero-order chi connectivity index (χ0) is 6.74. The zero-order valence-electron chi connectivity index (χ0n) is 6.12. The van der Waals surface area contributed by atoms with Gasteiger partial charge in [0.05, 0.1) is 0 Å². The average Bonchev–Trinajstić information content (AvgIpc) is 1.90. The molecule has 0 aromatic rings. The highest BCUT2D eigenvalue weighted by molar-refractivity contribution is 9.23. The Morgan fingerprint density at radius 2 is 1.78 bits per heavy atom. The Bertz CT molecular complexity index is 86.9. The van der Waals surface area contributed by atoms with Gasteiger partial charge in [0.25, 0.3) is 0 Å². The number of hydrogen-bond donors (Lipinski definition) is 0. The minimum atomic E-state index is 0.0843. The summed E-state index contributed by atoms with van der Waals surface area (Å²) in [7, 11) is 0. The van der Waals surface area contributed by atoms with Crippen LogP contribution in [0.25, 0.3) is 0 Å². The normalized spacial score (nSPS) is 25.1.